The van der Waals surface area contributed by atoms with Crippen molar-refractivity contribution < 1.29 is 28.7 Å². The van der Waals surface area contributed by atoms with Crippen LogP contribution in [0.25, 0.3) is 27.2 Å². The molecule has 0 aliphatic carbocycles. The van der Waals surface area contributed by atoms with E-state index in [1.54, 1.807) is 51.6 Å². The Hall–Kier alpha value is -6.46. The van der Waals surface area contributed by atoms with Crippen LogP contribution in [0.1, 0.15) is 67.4 Å². The van der Waals surface area contributed by atoms with Crippen LogP contribution >= 0.6 is 11.3 Å². The number of aryl methyl sites for hydroxylation is 1. The topological polar surface area (TPSA) is 200 Å². The van der Waals surface area contributed by atoms with Gasteiger partial charge in [-0.15, -0.1) is 21.5 Å². The quantitative estimate of drug-likeness (QED) is 0.128. The number of aliphatic hydroxyl groups excluding tert-OH is 1. The van der Waals surface area contributed by atoms with Crippen molar-refractivity contribution in [3.63, 3.8) is 0 Å². The van der Waals surface area contributed by atoms with Crippen LogP contribution in [0.3, 0.4) is 0 Å². The van der Waals surface area contributed by atoms with Crippen molar-refractivity contribution in [3.05, 3.63) is 108 Å². The number of anilines is 1. The summed E-state index contributed by atoms with van der Waals surface area (Å²) in [4.78, 5) is 68.7. The van der Waals surface area contributed by atoms with Crippen LogP contribution < -0.4 is 16.0 Å². The third kappa shape index (κ3) is 9.09. The molecule has 2 fully saturated rings. The lowest BCUT2D eigenvalue weighted by Gasteiger charge is -2.37. The number of likely N-dealkylation sites (tertiary alicyclic amines) is 2. The Bertz CT molecular complexity index is 2550. The number of aromatic nitrogens is 5. The predicted octanol–water partition coefficient (Wildman–Crippen LogP) is 5.09. The van der Waals surface area contributed by atoms with Crippen LogP contribution in [0.5, 0.6) is 0 Å². The molecule has 4 amide bonds. The molecule has 4 atom stereocenters. The Morgan fingerprint density at radius 1 is 0.968 bits per heavy atom. The van der Waals surface area contributed by atoms with Gasteiger partial charge in [-0.3, -0.25) is 23.6 Å². The van der Waals surface area contributed by atoms with Gasteiger partial charge in [-0.1, -0.05) is 57.2 Å². The van der Waals surface area contributed by atoms with Crippen molar-refractivity contribution in [2.45, 2.75) is 78.2 Å². The number of piperidine rings is 1. The van der Waals surface area contributed by atoms with E-state index < -0.39 is 35.4 Å². The smallest absolute Gasteiger partial charge is 0.253 e. The summed E-state index contributed by atoms with van der Waals surface area (Å²) in [6.45, 7) is 8.87. The minimum atomic E-state index is -0.982. The largest absolute Gasteiger partial charge is 0.467 e. The number of amides is 4. The fourth-order valence-corrected chi connectivity index (χ4v) is 8.94. The van der Waals surface area contributed by atoms with Crippen LogP contribution in [0, 0.1) is 18.3 Å². The van der Waals surface area contributed by atoms with E-state index in [1.165, 1.54) is 4.90 Å². The van der Waals surface area contributed by atoms with E-state index in [0.29, 0.717) is 43.1 Å². The van der Waals surface area contributed by atoms with E-state index in [-0.39, 0.29) is 43.8 Å². The summed E-state index contributed by atoms with van der Waals surface area (Å²) < 4.78 is 7.17. The van der Waals surface area contributed by atoms with Gasteiger partial charge in [0.1, 0.15) is 24.2 Å². The third-order valence-electron chi connectivity index (χ3n) is 11.5. The van der Waals surface area contributed by atoms with Crippen LogP contribution in [0.4, 0.5) is 5.95 Å². The number of benzene rings is 2. The van der Waals surface area contributed by atoms with Gasteiger partial charge in [-0.05, 0) is 66.1 Å². The molecule has 8 rings (SSSR count). The summed E-state index contributed by atoms with van der Waals surface area (Å²) in [7, 11) is 0. The van der Waals surface area contributed by atoms with E-state index in [2.05, 4.69) is 36.1 Å². The molecule has 0 spiro atoms. The molecule has 2 aromatic carbocycles. The van der Waals surface area contributed by atoms with Crippen LogP contribution in [-0.2, 0) is 27.5 Å². The summed E-state index contributed by atoms with van der Waals surface area (Å²) in [6, 6.07) is 16.9. The molecule has 0 radical (unpaired) electrons. The number of nitrogens with one attached hydrogen (secondary N) is 3. The van der Waals surface area contributed by atoms with Crippen molar-refractivity contribution in [2.75, 3.05) is 25.0 Å². The lowest BCUT2D eigenvalue weighted by Crippen LogP contribution is -2.59. The fourth-order valence-electron chi connectivity index (χ4n) is 8.12. The second kappa shape index (κ2) is 17.9. The number of thiazole rings is 1. The van der Waals surface area contributed by atoms with Gasteiger partial charge >= 0.3 is 0 Å². The van der Waals surface area contributed by atoms with Crippen LogP contribution in [0.2, 0.25) is 0 Å². The zero-order valence-electron chi connectivity index (χ0n) is 35.1. The van der Waals surface area contributed by atoms with E-state index in [1.807, 2.05) is 81.7 Å². The Morgan fingerprint density at radius 3 is 2.45 bits per heavy atom. The highest BCUT2D eigenvalue weighted by atomic mass is 32.1. The molecule has 4 aromatic heterocycles. The first-order chi connectivity index (χ1) is 29.8. The molecule has 2 saturated heterocycles. The number of rotatable bonds is 12. The number of carbonyl (C=O) groups excluding carboxylic acids is 4. The van der Waals surface area contributed by atoms with Gasteiger partial charge in [-0.25, -0.2) is 9.97 Å². The molecule has 0 bridgehead atoms. The Morgan fingerprint density at radius 2 is 1.74 bits per heavy atom. The number of hydrogen-bond acceptors (Lipinski definition) is 12. The van der Waals surface area contributed by atoms with Gasteiger partial charge < -0.3 is 35.3 Å². The van der Waals surface area contributed by atoms with Crippen molar-refractivity contribution >= 4 is 46.6 Å². The van der Waals surface area contributed by atoms with Gasteiger partial charge in [-0.2, -0.15) is 0 Å². The van der Waals surface area contributed by atoms with E-state index >= 15 is 0 Å². The first-order valence-electron chi connectivity index (χ1n) is 20.7. The summed E-state index contributed by atoms with van der Waals surface area (Å²) >= 11 is 1.57. The molecule has 2 aliphatic heterocycles. The highest BCUT2D eigenvalue weighted by molar-refractivity contribution is 7.13. The van der Waals surface area contributed by atoms with E-state index in [0.717, 1.165) is 38.6 Å². The lowest BCUT2D eigenvalue weighted by atomic mass is 9.84. The predicted molar refractivity (Wildman–Crippen MR) is 233 cm³/mol. The minimum Gasteiger partial charge on any atom is -0.467 e. The maximum Gasteiger partial charge on any atom is 0.253 e. The zero-order chi connectivity index (χ0) is 43.5. The fraction of sp³-hybridized carbons (Fsp3) is 0.378. The summed E-state index contributed by atoms with van der Waals surface area (Å²) in [5.74, 6) is -0.587. The highest BCUT2D eigenvalue weighted by Gasteiger charge is 2.45. The number of aliphatic hydroxyl groups is 1. The maximum atomic E-state index is 14.3. The SMILES string of the molecule is Cc1ncsc1-c1ccc(CNC(=O)C2CC(O)CN2C(=O)C(NC(=O)C2CCCN(C(=O)c3ccc(-c4cnc(NCc5ccco5)n5cnnc45)cc3)C2)C(C)(C)C)cc1. The Balaban J connectivity index is 0.886. The molecule has 6 heterocycles. The second-order valence-electron chi connectivity index (χ2n) is 17.0. The molecule has 0 saturated carbocycles. The van der Waals surface area contributed by atoms with Gasteiger partial charge in [0.05, 0.1) is 40.9 Å². The van der Waals surface area contributed by atoms with Crippen molar-refractivity contribution in [1.82, 2.24) is 45.0 Å². The molecule has 2 aliphatic rings. The maximum absolute atomic E-state index is 14.3. The Kier molecular flexibility index (Phi) is 12.2. The van der Waals surface area contributed by atoms with Crippen LogP contribution in [-0.4, -0.2) is 101 Å². The minimum absolute atomic E-state index is 0.0256. The molecule has 16 nitrogen and oxygen atoms in total. The molecule has 62 heavy (non-hydrogen) atoms. The number of β-amino-alcohol motifs (C(OH)–C–C–N with tert-alkyl or cyclic N) is 1. The van der Waals surface area contributed by atoms with E-state index in [9.17, 15) is 24.3 Å². The Labute approximate surface area is 362 Å². The average Bonchev–Trinajstić information content (AvgIpc) is 4.12. The first kappa shape index (κ1) is 42.2. The highest BCUT2D eigenvalue weighted by Crippen LogP contribution is 2.30. The summed E-state index contributed by atoms with van der Waals surface area (Å²) in [5, 5.41) is 28.3. The number of carbonyl (C=O) groups is 4. The molecule has 322 valence electrons. The summed E-state index contributed by atoms with van der Waals surface area (Å²) in [5.41, 5.74) is 6.59. The van der Waals surface area contributed by atoms with Crippen LogP contribution in [0.15, 0.2) is 89.4 Å². The monoisotopic (exact) mass is 858 g/mol. The van der Waals surface area contributed by atoms with Gasteiger partial charge in [0.2, 0.25) is 23.7 Å². The molecular weight excluding hydrogens is 809 g/mol. The molecule has 4 unspecified atom stereocenters. The number of furan rings is 1. The first-order valence-corrected chi connectivity index (χ1v) is 21.6. The summed E-state index contributed by atoms with van der Waals surface area (Å²) in [6.07, 6.45) is 5.26. The number of hydrogen-bond donors (Lipinski definition) is 4. The number of fused-ring (bicyclic) bond motifs is 1. The van der Waals surface area contributed by atoms with Gasteiger partial charge in [0, 0.05) is 49.9 Å². The standard InChI is InChI=1S/C45H50N10O6S/c1-27-37(62-26-49-27)30-11-9-28(10-12-30)20-46-41(58)36-19-33(56)24-54(36)43(60)38(45(2,3)4)51-40(57)32-7-5-17-53(23-32)42(59)31-15-13-29(14-16-31)35-22-48-44(55-25-50-52-39(35)55)47-21-34-8-6-18-61-34/h6,8-16,18,22,25-26,32-33,36,38,56H,5,7,17,19-21,23-24H2,1-4H3,(H,46,58)(H,47,48)(H,51,57). The van der Waals surface area contributed by atoms with Crippen molar-refractivity contribution in [1.29, 1.82) is 0 Å². The molecule has 4 N–H and O–H groups in total. The van der Waals surface area contributed by atoms with Gasteiger partial charge in [0.25, 0.3) is 5.91 Å². The van der Waals surface area contributed by atoms with Crippen molar-refractivity contribution in [3.8, 4) is 21.6 Å². The lowest BCUT2D eigenvalue weighted by molar-refractivity contribution is -0.144. The average molecular weight is 859 g/mol. The van der Waals surface area contributed by atoms with Crippen molar-refractivity contribution in [2.24, 2.45) is 11.3 Å². The zero-order valence-corrected chi connectivity index (χ0v) is 35.9. The van der Waals surface area contributed by atoms with Gasteiger partial charge in [0.15, 0.2) is 5.65 Å². The van der Waals surface area contributed by atoms with E-state index in [4.69, 9.17) is 4.42 Å². The molecule has 17 heteroatoms. The normalized spacial score (nSPS) is 18.4. The second-order valence-corrected chi connectivity index (χ2v) is 17.9. The molecule has 6 aromatic rings. The third-order valence-corrected chi connectivity index (χ3v) is 12.5. The number of nitrogens with zero attached hydrogens (tertiary/aromatic N) is 7. The molecular formula is C45H50N10O6S.